The summed E-state index contributed by atoms with van der Waals surface area (Å²) in [6.07, 6.45) is 1.27. The number of aromatic nitrogens is 1. The first-order valence-corrected chi connectivity index (χ1v) is 3.58. The van der Waals surface area contributed by atoms with Gasteiger partial charge in [0.25, 0.3) is 0 Å². The van der Waals surface area contributed by atoms with Crippen molar-refractivity contribution in [1.29, 1.82) is 0 Å². The topological polar surface area (TPSA) is 62.6 Å². The van der Waals surface area contributed by atoms with E-state index in [1.165, 1.54) is 19.4 Å². The van der Waals surface area contributed by atoms with Crippen LogP contribution >= 0.6 is 11.6 Å². The Labute approximate surface area is 74.9 Å². The van der Waals surface area contributed by atoms with Crippen LogP contribution in [0.15, 0.2) is 12.3 Å². The molecule has 0 saturated heterocycles. The Morgan fingerprint density at radius 1 is 1.58 bits per heavy atom. The molecule has 0 aliphatic rings. The minimum absolute atomic E-state index is 0.196. The van der Waals surface area contributed by atoms with Gasteiger partial charge in [0.05, 0.1) is 7.11 Å². The molecule has 0 radical (unpaired) electrons. The molecule has 4 nitrogen and oxygen atoms in total. The van der Waals surface area contributed by atoms with Crippen LogP contribution in [-0.4, -0.2) is 29.3 Å². The summed E-state index contributed by atoms with van der Waals surface area (Å²) in [6, 6.07) is 1.42. The third-order valence-electron chi connectivity index (χ3n) is 1.35. The lowest BCUT2D eigenvalue weighted by Gasteiger charge is -2.03. The Hall–Kier alpha value is -0.775. The van der Waals surface area contributed by atoms with Crippen LogP contribution in [-0.2, 0) is 0 Å². The van der Waals surface area contributed by atoms with Crippen molar-refractivity contribution in [3.8, 4) is 5.75 Å². The number of rotatable bonds is 2. The highest BCUT2D eigenvalue weighted by Crippen LogP contribution is 2.18. The van der Waals surface area contributed by atoms with Gasteiger partial charge in [-0.1, -0.05) is 11.6 Å². The zero-order chi connectivity index (χ0) is 9.14. The Balaban J connectivity index is 3.05. The summed E-state index contributed by atoms with van der Waals surface area (Å²) in [5.41, 5.74) is 0.247. The van der Waals surface area contributed by atoms with Crippen LogP contribution in [0.25, 0.3) is 0 Å². The second-order valence-corrected chi connectivity index (χ2v) is 2.49. The van der Waals surface area contributed by atoms with Crippen LogP contribution in [0.4, 0.5) is 0 Å². The first-order chi connectivity index (χ1) is 5.65. The zero-order valence-corrected chi connectivity index (χ0v) is 7.12. The first-order valence-electron chi connectivity index (χ1n) is 3.20. The van der Waals surface area contributed by atoms with Crippen molar-refractivity contribution < 1.29 is 14.8 Å². The molecular formula is C6H7BClNO3. The number of nitrogens with zero attached hydrogens (tertiary/aromatic N) is 1. The average Bonchev–Trinajstić information content (AvgIpc) is 2.05. The first kappa shape index (κ1) is 9.31. The van der Waals surface area contributed by atoms with Crippen molar-refractivity contribution in [2.24, 2.45) is 0 Å². The lowest BCUT2D eigenvalue weighted by molar-refractivity contribution is 0.410. The molecule has 0 unspecified atom stereocenters. The molecule has 0 amide bonds. The van der Waals surface area contributed by atoms with Gasteiger partial charge in [-0.15, -0.1) is 0 Å². The molecule has 0 saturated carbocycles. The Kier molecular flexibility index (Phi) is 2.91. The molecule has 1 heterocycles. The highest BCUT2D eigenvalue weighted by Gasteiger charge is 2.13. The third kappa shape index (κ3) is 1.88. The number of halogens is 1. The maximum Gasteiger partial charge on any atom is 0.490 e. The standard InChI is InChI=1S/C6H7BClNO3/c1-12-5-2-4(7(10)11)3-9-6(5)8/h2-3,10-11H,1H3. The quantitative estimate of drug-likeness (QED) is 0.480. The summed E-state index contributed by atoms with van der Waals surface area (Å²) in [5, 5.41) is 17.7. The van der Waals surface area contributed by atoms with Gasteiger partial charge < -0.3 is 14.8 Å². The molecule has 0 aliphatic carbocycles. The summed E-state index contributed by atoms with van der Waals surface area (Å²) in [5.74, 6) is 0.322. The van der Waals surface area contributed by atoms with E-state index in [0.29, 0.717) is 5.75 Å². The van der Waals surface area contributed by atoms with E-state index in [0.717, 1.165) is 0 Å². The van der Waals surface area contributed by atoms with Crippen molar-refractivity contribution in [2.45, 2.75) is 0 Å². The van der Waals surface area contributed by atoms with E-state index in [1.54, 1.807) is 0 Å². The fraction of sp³-hybridized carbons (Fsp3) is 0.167. The highest BCUT2D eigenvalue weighted by atomic mass is 35.5. The van der Waals surface area contributed by atoms with E-state index in [4.69, 9.17) is 26.4 Å². The van der Waals surface area contributed by atoms with E-state index >= 15 is 0 Å². The molecule has 0 fully saturated rings. The second-order valence-electron chi connectivity index (χ2n) is 2.14. The SMILES string of the molecule is COc1cc(B(O)O)cnc1Cl. The largest absolute Gasteiger partial charge is 0.494 e. The van der Waals surface area contributed by atoms with Gasteiger partial charge in [0, 0.05) is 11.7 Å². The molecule has 0 spiro atoms. The molecule has 6 heteroatoms. The fourth-order valence-corrected chi connectivity index (χ4v) is 0.908. The minimum Gasteiger partial charge on any atom is -0.494 e. The molecule has 0 atom stereocenters. The van der Waals surface area contributed by atoms with Gasteiger partial charge in [0.2, 0.25) is 0 Å². The molecule has 2 N–H and O–H groups in total. The van der Waals surface area contributed by atoms with Gasteiger partial charge in [-0.3, -0.25) is 0 Å². The van der Waals surface area contributed by atoms with E-state index in [-0.39, 0.29) is 10.6 Å². The summed E-state index contributed by atoms with van der Waals surface area (Å²) < 4.78 is 4.82. The Morgan fingerprint density at radius 2 is 2.25 bits per heavy atom. The van der Waals surface area contributed by atoms with Crippen molar-refractivity contribution in [3.05, 3.63) is 17.4 Å². The Bertz CT molecular complexity index is 281. The van der Waals surface area contributed by atoms with Gasteiger partial charge in [0.1, 0.15) is 0 Å². The summed E-state index contributed by atoms with van der Waals surface area (Å²) in [4.78, 5) is 3.69. The van der Waals surface area contributed by atoms with E-state index in [9.17, 15) is 0 Å². The van der Waals surface area contributed by atoms with Crippen LogP contribution in [0.2, 0.25) is 5.15 Å². The van der Waals surface area contributed by atoms with E-state index in [2.05, 4.69) is 4.98 Å². The predicted octanol–water partition coefficient (Wildman–Crippen LogP) is -0.577. The van der Waals surface area contributed by atoms with Crippen LogP contribution in [0, 0.1) is 0 Å². The number of hydrogen-bond acceptors (Lipinski definition) is 4. The molecule has 1 rings (SSSR count). The minimum atomic E-state index is -1.55. The van der Waals surface area contributed by atoms with Crippen LogP contribution in [0.5, 0.6) is 5.75 Å². The van der Waals surface area contributed by atoms with Crippen molar-refractivity contribution in [1.82, 2.24) is 4.98 Å². The van der Waals surface area contributed by atoms with E-state index < -0.39 is 7.12 Å². The van der Waals surface area contributed by atoms with Gasteiger partial charge in [0.15, 0.2) is 10.9 Å². The monoisotopic (exact) mass is 187 g/mol. The summed E-state index contributed by atoms with van der Waals surface area (Å²) >= 11 is 5.60. The molecule has 0 aliphatic heterocycles. The number of hydrogen-bond donors (Lipinski definition) is 2. The predicted molar refractivity (Wildman–Crippen MR) is 45.6 cm³/mol. The van der Waals surface area contributed by atoms with Gasteiger partial charge >= 0.3 is 7.12 Å². The summed E-state index contributed by atoms with van der Waals surface area (Å²) in [7, 11) is -0.125. The zero-order valence-electron chi connectivity index (χ0n) is 6.36. The maximum atomic E-state index is 8.75. The lowest BCUT2D eigenvalue weighted by atomic mass is 9.82. The second kappa shape index (κ2) is 3.75. The van der Waals surface area contributed by atoms with Gasteiger partial charge in [-0.25, -0.2) is 4.98 Å². The molecule has 64 valence electrons. The smallest absolute Gasteiger partial charge is 0.490 e. The van der Waals surface area contributed by atoms with Crippen LogP contribution in [0.1, 0.15) is 0 Å². The molecular weight excluding hydrogens is 180 g/mol. The van der Waals surface area contributed by atoms with Crippen molar-refractivity contribution in [3.63, 3.8) is 0 Å². The molecule has 1 aromatic heterocycles. The normalized spacial score (nSPS) is 9.67. The van der Waals surface area contributed by atoms with Crippen LogP contribution < -0.4 is 10.2 Å². The maximum absolute atomic E-state index is 8.75. The highest BCUT2D eigenvalue weighted by molar-refractivity contribution is 6.58. The van der Waals surface area contributed by atoms with Gasteiger partial charge in [-0.2, -0.15) is 0 Å². The molecule has 1 aromatic rings. The molecule has 0 aromatic carbocycles. The number of ether oxygens (including phenoxy) is 1. The number of methoxy groups -OCH3 is 1. The molecule has 0 bridgehead atoms. The van der Waals surface area contributed by atoms with Crippen LogP contribution in [0.3, 0.4) is 0 Å². The average molecular weight is 187 g/mol. The van der Waals surface area contributed by atoms with Crippen molar-refractivity contribution >= 4 is 24.2 Å². The Morgan fingerprint density at radius 3 is 2.75 bits per heavy atom. The lowest BCUT2D eigenvalue weighted by Crippen LogP contribution is -2.30. The van der Waals surface area contributed by atoms with Gasteiger partial charge in [-0.05, 0) is 6.07 Å². The summed E-state index contributed by atoms with van der Waals surface area (Å²) in [6.45, 7) is 0. The number of pyridine rings is 1. The molecule has 12 heavy (non-hydrogen) atoms. The van der Waals surface area contributed by atoms with E-state index in [1.807, 2.05) is 0 Å². The van der Waals surface area contributed by atoms with Crippen molar-refractivity contribution in [2.75, 3.05) is 7.11 Å². The fourth-order valence-electron chi connectivity index (χ4n) is 0.727. The third-order valence-corrected chi connectivity index (χ3v) is 1.63.